The molecule has 1 fully saturated rings. The molecule has 1 aliphatic rings. The Labute approximate surface area is 133 Å². The number of nitrogens with one attached hydrogen (secondary N) is 2. The predicted octanol–water partition coefficient (Wildman–Crippen LogP) is 1.78. The van der Waals surface area contributed by atoms with Gasteiger partial charge in [-0.3, -0.25) is 0 Å². The third-order valence-electron chi connectivity index (χ3n) is 3.46. The van der Waals surface area contributed by atoms with Crippen LogP contribution < -0.4 is 10.0 Å². The maximum Gasteiger partial charge on any atom is 0.279 e. The van der Waals surface area contributed by atoms with Crippen molar-refractivity contribution in [2.24, 2.45) is 5.92 Å². The standard InChI is InChI=1S/C12H20BrN3O2S2/c1-14-8-10-4-6-16(7-5-10)20(17,18)15-9-11-2-3-12(13)19-11/h2-3,10,14-15H,4-9H2,1H3. The van der Waals surface area contributed by atoms with Gasteiger partial charge in [0.1, 0.15) is 0 Å². The largest absolute Gasteiger partial charge is 0.319 e. The molecule has 5 nitrogen and oxygen atoms in total. The normalized spacial score (nSPS) is 18.5. The van der Waals surface area contributed by atoms with Crippen molar-refractivity contribution in [3.8, 4) is 0 Å². The summed E-state index contributed by atoms with van der Waals surface area (Å²) in [7, 11) is -1.42. The van der Waals surface area contributed by atoms with Crippen molar-refractivity contribution >= 4 is 37.5 Å². The molecule has 0 atom stereocenters. The minimum Gasteiger partial charge on any atom is -0.319 e. The van der Waals surface area contributed by atoms with E-state index in [1.54, 1.807) is 15.6 Å². The first-order valence-electron chi connectivity index (χ1n) is 6.65. The first-order chi connectivity index (χ1) is 9.51. The van der Waals surface area contributed by atoms with Gasteiger partial charge in [0, 0.05) is 24.5 Å². The number of hydrogen-bond donors (Lipinski definition) is 2. The molecule has 0 unspecified atom stereocenters. The van der Waals surface area contributed by atoms with Crippen LogP contribution in [0.3, 0.4) is 0 Å². The predicted molar refractivity (Wildman–Crippen MR) is 86.0 cm³/mol. The lowest BCUT2D eigenvalue weighted by atomic mass is 9.98. The molecule has 0 aromatic carbocycles. The van der Waals surface area contributed by atoms with Crippen molar-refractivity contribution in [2.75, 3.05) is 26.7 Å². The lowest BCUT2D eigenvalue weighted by Gasteiger charge is -2.31. The third kappa shape index (κ3) is 4.51. The number of piperidine rings is 1. The monoisotopic (exact) mass is 381 g/mol. The van der Waals surface area contributed by atoms with E-state index in [2.05, 4.69) is 26.0 Å². The SMILES string of the molecule is CNCC1CCN(S(=O)(=O)NCc2ccc(Br)s2)CC1. The zero-order valence-electron chi connectivity index (χ0n) is 11.4. The quantitative estimate of drug-likeness (QED) is 0.789. The minimum atomic E-state index is -3.36. The number of rotatable bonds is 6. The van der Waals surface area contributed by atoms with E-state index in [0.29, 0.717) is 25.6 Å². The maximum absolute atomic E-state index is 12.2. The smallest absolute Gasteiger partial charge is 0.279 e. The summed E-state index contributed by atoms with van der Waals surface area (Å²) in [4.78, 5) is 1.01. The van der Waals surface area contributed by atoms with Crippen molar-refractivity contribution in [3.05, 3.63) is 20.8 Å². The zero-order chi connectivity index (χ0) is 14.6. The van der Waals surface area contributed by atoms with Gasteiger partial charge < -0.3 is 5.32 Å². The molecular formula is C12H20BrN3O2S2. The van der Waals surface area contributed by atoms with Crippen molar-refractivity contribution < 1.29 is 8.42 Å². The van der Waals surface area contributed by atoms with E-state index in [1.165, 1.54) is 0 Å². The van der Waals surface area contributed by atoms with E-state index < -0.39 is 10.2 Å². The molecule has 0 aliphatic carbocycles. The number of thiophene rings is 1. The number of nitrogens with zero attached hydrogens (tertiary/aromatic N) is 1. The van der Waals surface area contributed by atoms with Crippen LogP contribution in [0.1, 0.15) is 17.7 Å². The van der Waals surface area contributed by atoms with Crippen LogP contribution in [-0.4, -0.2) is 39.4 Å². The van der Waals surface area contributed by atoms with Crippen LogP contribution in [0.25, 0.3) is 0 Å². The fourth-order valence-electron chi connectivity index (χ4n) is 2.34. The highest BCUT2D eigenvalue weighted by Gasteiger charge is 2.27. The molecule has 1 saturated heterocycles. The molecule has 1 aromatic heterocycles. The van der Waals surface area contributed by atoms with Crippen LogP contribution in [-0.2, 0) is 16.8 Å². The summed E-state index contributed by atoms with van der Waals surface area (Å²) >= 11 is 4.92. The van der Waals surface area contributed by atoms with Crippen LogP contribution in [0.5, 0.6) is 0 Å². The minimum absolute atomic E-state index is 0.356. The van der Waals surface area contributed by atoms with Gasteiger partial charge >= 0.3 is 0 Å². The summed E-state index contributed by atoms with van der Waals surface area (Å²) in [5, 5.41) is 3.15. The molecule has 2 heterocycles. The first-order valence-corrected chi connectivity index (χ1v) is 9.70. The molecule has 20 heavy (non-hydrogen) atoms. The second-order valence-electron chi connectivity index (χ2n) is 4.93. The molecular weight excluding hydrogens is 362 g/mol. The summed E-state index contributed by atoms with van der Waals surface area (Å²) in [5.74, 6) is 0.583. The van der Waals surface area contributed by atoms with Gasteiger partial charge in [0.15, 0.2) is 0 Å². The fraction of sp³-hybridized carbons (Fsp3) is 0.667. The molecule has 0 spiro atoms. The Morgan fingerprint density at radius 3 is 2.65 bits per heavy atom. The average molecular weight is 382 g/mol. The molecule has 0 radical (unpaired) electrons. The van der Waals surface area contributed by atoms with Gasteiger partial charge in [0.05, 0.1) is 3.79 Å². The summed E-state index contributed by atoms with van der Waals surface area (Å²) in [6.07, 6.45) is 1.85. The van der Waals surface area contributed by atoms with E-state index in [0.717, 1.165) is 28.0 Å². The van der Waals surface area contributed by atoms with Gasteiger partial charge in [0.25, 0.3) is 10.2 Å². The van der Waals surface area contributed by atoms with E-state index in [9.17, 15) is 8.42 Å². The lowest BCUT2D eigenvalue weighted by molar-refractivity contribution is 0.268. The van der Waals surface area contributed by atoms with Crippen LogP contribution in [0, 0.1) is 5.92 Å². The molecule has 2 rings (SSSR count). The van der Waals surface area contributed by atoms with Crippen molar-refractivity contribution in [1.29, 1.82) is 0 Å². The van der Waals surface area contributed by atoms with Crippen molar-refractivity contribution in [1.82, 2.24) is 14.3 Å². The molecule has 0 amide bonds. The average Bonchev–Trinajstić information content (AvgIpc) is 2.84. The van der Waals surface area contributed by atoms with Gasteiger partial charge in [-0.15, -0.1) is 11.3 Å². The second kappa shape index (κ2) is 7.33. The van der Waals surface area contributed by atoms with E-state index in [-0.39, 0.29) is 0 Å². The summed E-state index contributed by atoms with van der Waals surface area (Å²) < 4.78 is 29.7. The van der Waals surface area contributed by atoms with Crippen LogP contribution in [0.4, 0.5) is 0 Å². The Morgan fingerprint density at radius 2 is 2.10 bits per heavy atom. The van der Waals surface area contributed by atoms with Crippen LogP contribution in [0.2, 0.25) is 0 Å². The zero-order valence-corrected chi connectivity index (χ0v) is 14.7. The number of hydrogen-bond acceptors (Lipinski definition) is 4. The Hall–Kier alpha value is 0.01000. The number of halogens is 1. The van der Waals surface area contributed by atoms with Gasteiger partial charge in [0.2, 0.25) is 0 Å². The maximum atomic E-state index is 12.2. The Kier molecular flexibility index (Phi) is 6.00. The van der Waals surface area contributed by atoms with Gasteiger partial charge in [-0.2, -0.15) is 17.4 Å². The molecule has 8 heteroatoms. The molecule has 2 N–H and O–H groups in total. The molecule has 0 bridgehead atoms. The lowest BCUT2D eigenvalue weighted by Crippen LogP contribution is -2.45. The Balaban J connectivity index is 1.85. The first kappa shape index (κ1) is 16.4. The molecule has 114 valence electrons. The summed E-state index contributed by atoms with van der Waals surface area (Å²) in [6, 6.07) is 3.86. The summed E-state index contributed by atoms with van der Waals surface area (Å²) in [6.45, 7) is 2.53. The third-order valence-corrected chi connectivity index (χ3v) is 6.64. The molecule has 0 saturated carbocycles. The topological polar surface area (TPSA) is 61.4 Å². The van der Waals surface area contributed by atoms with E-state index >= 15 is 0 Å². The van der Waals surface area contributed by atoms with Gasteiger partial charge in [-0.25, -0.2) is 0 Å². The Morgan fingerprint density at radius 1 is 1.40 bits per heavy atom. The van der Waals surface area contributed by atoms with Gasteiger partial charge in [-0.05, 0) is 60.4 Å². The van der Waals surface area contributed by atoms with E-state index in [1.807, 2.05) is 19.2 Å². The second-order valence-corrected chi connectivity index (χ2v) is 9.23. The van der Waals surface area contributed by atoms with E-state index in [4.69, 9.17) is 0 Å². The van der Waals surface area contributed by atoms with Crippen LogP contribution in [0.15, 0.2) is 15.9 Å². The van der Waals surface area contributed by atoms with Crippen LogP contribution >= 0.6 is 27.3 Å². The molecule has 1 aromatic rings. The summed E-state index contributed by atoms with van der Waals surface area (Å²) in [5.41, 5.74) is 0. The highest BCUT2D eigenvalue weighted by atomic mass is 79.9. The van der Waals surface area contributed by atoms with Crippen molar-refractivity contribution in [3.63, 3.8) is 0 Å². The highest BCUT2D eigenvalue weighted by Crippen LogP contribution is 2.22. The fourth-order valence-corrected chi connectivity index (χ4v) is 5.07. The highest BCUT2D eigenvalue weighted by molar-refractivity contribution is 9.11. The van der Waals surface area contributed by atoms with Crippen molar-refractivity contribution in [2.45, 2.75) is 19.4 Å². The molecule has 1 aliphatic heterocycles. The van der Waals surface area contributed by atoms with Gasteiger partial charge in [-0.1, -0.05) is 0 Å². The Bertz CT molecular complexity index is 525.